The molecule has 2 aromatic carbocycles. The van der Waals surface area contributed by atoms with Gasteiger partial charge in [-0.3, -0.25) is 5.41 Å². The van der Waals surface area contributed by atoms with Gasteiger partial charge < -0.3 is 13.9 Å². The van der Waals surface area contributed by atoms with Crippen LogP contribution in [0.2, 0.25) is 0 Å². The minimum Gasteiger partial charge on any atom is -0.494 e. The molecular formula is C18H20FN3O. The molecule has 0 aliphatic heterocycles. The largest absolute Gasteiger partial charge is 0.494 e. The SMILES string of the molecule is CCn1c(=N)n(CCCOc2ccc(F)cc2)c2ccccc21. The van der Waals surface area contributed by atoms with Crippen LogP contribution < -0.4 is 10.4 Å². The lowest BCUT2D eigenvalue weighted by atomic mass is 10.3. The van der Waals surface area contributed by atoms with Crippen LogP contribution in [-0.4, -0.2) is 15.7 Å². The van der Waals surface area contributed by atoms with Gasteiger partial charge in [-0.2, -0.15) is 0 Å². The first-order chi connectivity index (χ1) is 11.2. The summed E-state index contributed by atoms with van der Waals surface area (Å²) in [5.74, 6) is 0.401. The summed E-state index contributed by atoms with van der Waals surface area (Å²) >= 11 is 0. The fourth-order valence-corrected chi connectivity index (χ4v) is 2.78. The maximum absolute atomic E-state index is 12.8. The number of fused-ring (bicyclic) bond motifs is 1. The first-order valence-corrected chi connectivity index (χ1v) is 7.81. The Morgan fingerprint density at radius 1 is 1.00 bits per heavy atom. The molecule has 1 heterocycles. The maximum Gasteiger partial charge on any atom is 0.202 e. The molecule has 0 saturated carbocycles. The molecule has 1 N–H and O–H groups in total. The summed E-state index contributed by atoms with van der Waals surface area (Å²) in [5, 5.41) is 8.34. The second-order valence-electron chi connectivity index (χ2n) is 5.36. The van der Waals surface area contributed by atoms with Gasteiger partial charge in [0, 0.05) is 13.1 Å². The van der Waals surface area contributed by atoms with Gasteiger partial charge in [0.15, 0.2) is 0 Å². The van der Waals surface area contributed by atoms with Gasteiger partial charge in [0.2, 0.25) is 5.62 Å². The lowest BCUT2D eigenvalue weighted by Crippen LogP contribution is -2.24. The van der Waals surface area contributed by atoms with E-state index in [9.17, 15) is 4.39 Å². The highest BCUT2D eigenvalue weighted by atomic mass is 19.1. The van der Waals surface area contributed by atoms with Crippen LogP contribution in [0.1, 0.15) is 13.3 Å². The molecule has 5 heteroatoms. The molecule has 0 atom stereocenters. The number of halogens is 1. The van der Waals surface area contributed by atoms with Crippen LogP contribution in [0, 0.1) is 11.2 Å². The first-order valence-electron chi connectivity index (χ1n) is 7.81. The molecule has 0 unspecified atom stereocenters. The summed E-state index contributed by atoms with van der Waals surface area (Å²) < 4.78 is 22.5. The van der Waals surface area contributed by atoms with Gasteiger partial charge in [-0.15, -0.1) is 0 Å². The summed E-state index contributed by atoms with van der Waals surface area (Å²) in [6.07, 6.45) is 0.783. The van der Waals surface area contributed by atoms with E-state index in [2.05, 4.69) is 0 Å². The van der Waals surface area contributed by atoms with Gasteiger partial charge in [-0.25, -0.2) is 4.39 Å². The predicted molar refractivity (Wildman–Crippen MR) is 88.0 cm³/mol. The van der Waals surface area contributed by atoms with E-state index in [1.54, 1.807) is 12.1 Å². The Morgan fingerprint density at radius 3 is 2.30 bits per heavy atom. The molecule has 4 nitrogen and oxygen atoms in total. The number of ether oxygens (including phenoxy) is 1. The highest BCUT2D eigenvalue weighted by Crippen LogP contribution is 2.14. The molecule has 120 valence electrons. The second kappa shape index (κ2) is 6.69. The van der Waals surface area contributed by atoms with Gasteiger partial charge in [0.05, 0.1) is 17.6 Å². The Hall–Kier alpha value is -2.56. The lowest BCUT2D eigenvalue weighted by Gasteiger charge is -2.07. The lowest BCUT2D eigenvalue weighted by molar-refractivity contribution is 0.300. The summed E-state index contributed by atoms with van der Waals surface area (Å²) in [6.45, 7) is 4.07. The molecule has 0 bridgehead atoms. The molecule has 23 heavy (non-hydrogen) atoms. The van der Waals surface area contributed by atoms with Gasteiger partial charge in [-0.05, 0) is 49.7 Å². The number of para-hydroxylation sites is 2. The molecule has 0 fully saturated rings. The van der Waals surface area contributed by atoms with Crippen LogP contribution in [0.25, 0.3) is 11.0 Å². The van der Waals surface area contributed by atoms with Crippen molar-refractivity contribution in [3.05, 3.63) is 60.0 Å². The third kappa shape index (κ3) is 3.13. The third-order valence-corrected chi connectivity index (χ3v) is 3.90. The Kier molecular flexibility index (Phi) is 4.46. The number of benzene rings is 2. The molecule has 0 spiro atoms. The number of hydrogen-bond donors (Lipinski definition) is 1. The van der Waals surface area contributed by atoms with Crippen molar-refractivity contribution in [3.8, 4) is 5.75 Å². The summed E-state index contributed by atoms with van der Waals surface area (Å²) in [6, 6.07) is 14.1. The van der Waals surface area contributed by atoms with Crippen LogP contribution in [0.5, 0.6) is 5.75 Å². The minimum absolute atomic E-state index is 0.265. The molecule has 0 radical (unpaired) electrons. The number of nitrogens with zero attached hydrogens (tertiary/aromatic N) is 2. The van der Waals surface area contributed by atoms with E-state index in [4.69, 9.17) is 10.1 Å². The predicted octanol–water partition coefficient (Wildman–Crippen LogP) is 3.55. The summed E-state index contributed by atoms with van der Waals surface area (Å²) in [5.41, 5.74) is 2.66. The minimum atomic E-state index is -0.265. The average Bonchev–Trinajstić information content (AvgIpc) is 2.84. The molecule has 0 aliphatic carbocycles. The second-order valence-corrected chi connectivity index (χ2v) is 5.36. The van der Waals surface area contributed by atoms with Crippen molar-refractivity contribution in [2.45, 2.75) is 26.4 Å². The Labute approximate surface area is 134 Å². The van der Waals surface area contributed by atoms with Crippen LogP contribution in [-0.2, 0) is 13.1 Å². The number of aryl methyl sites for hydroxylation is 2. The first kappa shape index (κ1) is 15.3. The highest BCUT2D eigenvalue weighted by Gasteiger charge is 2.08. The fourth-order valence-electron chi connectivity index (χ4n) is 2.78. The molecule has 0 aliphatic rings. The molecule has 3 aromatic rings. The van der Waals surface area contributed by atoms with Crippen molar-refractivity contribution in [1.82, 2.24) is 9.13 Å². The number of rotatable bonds is 6. The van der Waals surface area contributed by atoms with E-state index in [1.165, 1.54) is 12.1 Å². The zero-order chi connectivity index (χ0) is 16.2. The van der Waals surface area contributed by atoms with E-state index in [1.807, 2.05) is 40.3 Å². The molecule has 3 rings (SSSR count). The zero-order valence-corrected chi connectivity index (χ0v) is 13.1. The molecular weight excluding hydrogens is 293 g/mol. The zero-order valence-electron chi connectivity index (χ0n) is 13.1. The summed E-state index contributed by atoms with van der Waals surface area (Å²) in [7, 11) is 0. The van der Waals surface area contributed by atoms with Crippen molar-refractivity contribution in [2.24, 2.45) is 0 Å². The van der Waals surface area contributed by atoms with Crippen molar-refractivity contribution >= 4 is 11.0 Å². The van der Waals surface area contributed by atoms with Crippen LogP contribution in [0.15, 0.2) is 48.5 Å². The van der Waals surface area contributed by atoms with Gasteiger partial charge >= 0.3 is 0 Å². The topological polar surface area (TPSA) is 42.9 Å². The molecule has 0 amide bonds. The van der Waals surface area contributed by atoms with E-state index in [0.29, 0.717) is 24.5 Å². The molecule has 1 aromatic heterocycles. The Balaban J connectivity index is 1.69. The average molecular weight is 313 g/mol. The van der Waals surface area contributed by atoms with Gasteiger partial charge in [-0.1, -0.05) is 12.1 Å². The monoisotopic (exact) mass is 313 g/mol. The highest BCUT2D eigenvalue weighted by molar-refractivity contribution is 5.75. The maximum atomic E-state index is 12.8. The van der Waals surface area contributed by atoms with Crippen molar-refractivity contribution in [3.63, 3.8) is 0 Å². The van der Waals surface area contributed by atoms with Crippen molar-refractivity contribution in [2.75, 3.05) is 6.61 Å². The van der Waals surface area contributed by atoms with Crippen LogP contribution in [0.4, 0.5) is 4.39 Å². The van der Waals surface area contributed by atoms with Crippen LogP contribution >= 0.6 is 0 Å². The van der Waals surface area contributed by atoms with Crippen molar-refractivity contribution in [1.29, 1.82) is 5.41 Å². The number of nitrogens with one attached hydrogen (secondary N) is 1. The Bertz CT molecular complexity index is 849. The number of imidazole rings is 1. The van der Waals surface area contributed by atoms with Gasteiger partial charge in [0.1, 0.15) is 11.6 Å². The van der Waals surface area contributed by atoms with Gasteiger partial charge in [0.25, 0.3) is 0 Å². The quantitative estimate of drug-likeness (QED) is 0.695. The van der Waals surface area contributed by atoms with E-state index in [0.717, 1.165) is 24.0 Å². The standard InChI is InChI=1S/C18H20FN3O/c1-2-21-16-6-3-4-7-17(16)22(18(21)20)12-5-13-23-15-10-8-14(19)9-11-15/h3-4,6-11,20H,2,5,12-13H2,1H3. The van der Waals surface area contributed by atoms with E-state index < -0.39 is 0 Å². The van der Waals surface area contributed by atoms with E-state index >= 15 is 0 Å². The van der Waals surface area contributed by atoms with Crippen LogP contribution in [0.3, 0.4) is 0 Å². The third-order valence-electron chi connectivity index (χ3n) is 3.90. The van der Waals surface area contributed by atoms with Crippen molar-refractivity contribution < 1.29 is 9.13 Å². The van der Waals surface area contributed by atoms with E-state index in [-0.39, 0.29) is 5.82 Å². The number of aromatic nitrogens is 2. The normalized spacial score (nSPS) is 11.0. The smallest absolute Gasteiger partial charge is 0.202 e. The molecule has 0 saturated heterocycles. The summed E-state index contributed by atoms with van der Waals surface area (Å²) in [4.78, 5) is 0. The fraction of sp³-hybridized carbons (Fsp3) is 0.278. The Morgan fingerprint density at radius 2 is 1.65 bits per heavy atom. The number of hydrogen-bond acceptors (Lipinski definition) is 2.